The highest BCUT2D eigenvalue weighted by atomic mass is 32.2. The quantitative estimate of drug-likeness (QED) is 0.836. The van der Waals surface area contributed by atoms with Crippen molar-refractivity contribution in [2.75, 3.05) is 5.75 Å². The Morgan fingerprint density at radius 1 is 1.00 bits per heavy atom. The standard InChI is InChI=1S/C14H11F3OS/c15-12-7-4-8-13(9-12)19(18)10-14(16,17)11-5-2-1-3-6-11/h1-9H,10H2. The lowest BCUT2D eigenvalue weighted by atomic mass is 10.1. The summed E-state index contributed by atoms with van der Waals surface area (Å²) in [6.07, 6.45) is 0. The van der Waals surface area contributed by atoms with Crippen LogP contribution in [0.15, 0.2) is 59.5 Å². The molecule has 19 heavy (non-hydrogen) atoms. The van der Waals surface area contributed by atoms with E-state index in [0.717, 1.165) is 6.07 Å². The van der Waals surface area contributed by atoms with Crippen LogP contribution in [0.2, 0.25) is 0 Å². The Labute approximate surface area is 111 Å². The van der Waals surface area contributed by atoms with Crippen LogP contribution in [0.3, 0.4) is 0 Å². The third-order valence-corrected chi connectivity index (χ3v) is 3.97. The molecule has 1 nitrogen and oxygen atoms in total. The first-order valence-corrected chi connectivity index (χ1v) is 6.88. The maximum absolute atomic E-state index is 13.9. The van der Waals surface area contributed by atoms with Crippen LogP contribution in [0.1, 0.15) is 5.56 Å². The van der Waals surface area contributed by atoms with Crippen LogP contribution >= 0.6 is 0 Å². The van der Waals surface area contributed by atoms with Crippen molar-refractivity contribution in [1.29, 1.82) is 0 Å². The van der Waals surface area contributed by atoms with Crippen LogP contribution in [-0.2, 0) is 16.7 Å². The second-order valence-electron chi connectivity index (χ2n) is 4.02. The zero-order valence-corrected chi connectivity index (χ0v) is 10.7. The molecule has 0 radical (unpaired) electrons. The van der Waals surface area contributed by atoms with Crippen molar-refractivity contribution in [3.8, 4) is 0 Å². The molecule has 0 aliphatic carbocycles. The van der Waals surface area contributed by atoms with Crippen molar-refractivity contribution >= 4 is 10.8 Å². The highest BCUT2D eigenvalue weighted by Gasteiger charge is 2.34. The minimum Gasteiger partial charge on any atom is -0.254 e. The van der Waals surface area contributed by atoms with Crippen LogP contribution in [0.25, 0.3) is 0 Å². The third-order valence-electron chi connectivity index (χ3n) is 2.57. The number of alkyl halides is 2. The SMILES string of the molecule is O=S(CC(F)(F)c1ccccc1)c1cccc(F)c1. The summed E-state index contributed by atoms with van der Waals surface area (Å²) in [5.74, 6) is -4.66. The molecule has 0 aliphatic heterocycles. The highest BCUT2D eigenvalue weighted by Crippen LogP contribution is 2.30. The Hall–Kier alpha value is -1.62. The Kier molecular flexibility index (Phi) is 4.04. The summed E-state index contributed by atoms with van der Waals surface area (Å²) in [5.41, 5.74) is -0.195. The molecule has 0 fully saturated rings. The Morgan fingerprint density at radius 2 is 1.68 bits per heavy atom. The zero-order valence-electron chi connectivity index (χ0n) is 9.85. The lowest BCUT2D eigenvalue weighted by molar-refractivity contribution is 0.0222. The average molecular weight is 284 g/mol. The summed E-state index contributed by atoms with van der Waals surface area (Å²) in [4.78, 5) is 0.0654. The molecule has 100 valence electrons. The Balaban J connectivity index is 2.19. The lowest BCUT2D eigenvalue weighted by Gasteiger charge is -2.16. The lowest BCUT2D eigenvalue weighted by Crippen LogP contribution is -2.22. The summed E-state index contributed by atoms with van der Waals surface area (Å²) < 4.78 is 52.6. The van der Waals surface area contributed by atoms with Crippen LogP contribution in [0.4, 0.5) is 13.2 Å². The van der Waals surface area contributed by atoms with Gasteiger partial charge in [0.1, 0.15) is 5.82 Å². The fourth-order valence-electron chi connectivity index (χ4n) is 1.62. The van der Waals surface area contributed by atoms with Gasteiger partial charge in [0.25, 0.3) is 5.92 Å². The van der Waals surface area contributed by atoms with Crippen molar-refractivity contribution in [3.05, 3.63) is 66.0 Å². The van der Waals surface area contributed by atoms with E-state index in [1.165, 1.54) is 42.5 Å². The van der Waals surface area contributed by atoms with Gasteiger partial charge in [-0.2, -0.15) is 0 Å². The first-order valence-electron chi connectivity index (χ1n) is 5.56. The van der Waals surface area contributed by atoms with Crippen molar-refractivity contribution in [2.45, 2.75) is 10.8 Å². The van der Waals surface area contributed by atoms with Crippen LogP contribution < -0.4 is 0 Å². The molecule has 0 N–H and O–H groups in total. The molecule has 0 amide bonds. The largest absolute Gasteiger partial charge is 0.284 e. The van der Waals surface area contributed by atoms with Gasteiger partial charge in [-0.25, -0.2) is 13.2 Å². The van der Waals surface area contributed by atoms with E-state index in [1.807, 2.05) is 0 Å². The molecule has 0 saturated carbocycles. The Bertz CT molecular complexity index is 584. The molecule has 0 spiro atoms. The molecule has 0 bridgehead atoms. The van der Waals surface area contributed by atoms with Gasteiger partial charge >= 0.3 is 0 Å². The summed E-state index contributed by atoms with van der Waals surface area (Å²) in [6, 6.07) is 12.1. The van der Waals surface area contributed by atoms with Crippen molar-refractivity contribution in [2.24, 2.45) is 0 Å². The maximum atomic E-state index is 13.9. The van der Waals surface area contributed by atoms with Crippen molar-refractivity contribution in [3.63, 3.8) is 0 Å². The van der Waals surface area contributed by atoms with Gasteiger partial charge in [-0.3, -0.25) is 4.21 Å². The van der Waals surface area contributed by atoms with Gasteiger partial charge in [0.2, 0.25) is 0 Å². The minimum absolute atomic E-state index is 0.0654. The number of hydrogen-bond acceptors (Lipinski definition) is 1. The molecule has 0 aliphatic rings. The molecule has 0 aromatic heterocycles. The van der Waals surface area contributed by atoms with E-state index in [0.29, 0.717) is 0 Å². The summed E-state index contributed by atoms with van der Waals surface area (Å²) in [7, 11) is -1.95. The second-order valence-corrected chi connectivity index (χ2v) is 5.47. The van der Waals surface area contributed by atoms with Gasteiger partial charge in [-0.15, -0.1) is 0 Å². The van der Waals surface area contributed by atoms with Gasteiger partial charge in [0.05, 0.1) is 16.6 Å². The van der Waals surface area contributed by atoms with Crippen molar-refractivity contribution in [1.82, 2.24) is 0 Å². The normalized spacial score (nSPS) is 13.2. The molecular weight excluding hydrogens is 273 g/mol. The van der Waals surface area contributed by atoms with Crippen molar-refractivity contribution < 1.29 is 17.4 Å². The van der Waals surface area contributed by atoms with E-state index >= 15 is 0 Å². The van der Waals surface area contributed by atoms with E-state index in [1.54, 1.807) is 6.07 Å². The van der Waals surface area contributed by atoms with Crippen LogP contribution in [0.5, 0.6) is 0 Å². The van der Waals surface area contributed by atoms with E-state index < -0.39 is 28.3 Å². The minimum atomic E-state index is -3.21. The molecule has 2 aromatic carbocycles. The first kappa shape index (κ1) is 13.8. The first-order chi connectivity index (χ1) is 8.99. The molecule has 1 atom stereocenters. The molecule has 0 saturated heterocycles. The third kappa shape index (κ3) is 3.44. The van der Waals surface area contributed by atoms with Gasteiger partial charge in [-0.05, 0) is 18.2 Å². The molecule has 2 aromatic rings. The number of halogens is 3. The topological polar surface area (TPSA) is 17.1 Å². The predicted octanol–water partition coefficient (Wildman–Crippen LogP) is 3.73. The van der Waals surface area contributed by atoms with E-state index in [9.17, 15) is 17.4 Å². The fourth-order valence-corrected chi connectivity index (χ4v) is 2.76. The van der Waals surface area contributed by atoms with Gasteiger partial charge in [0, 0.05) is 10.5 Å². The summed E-state index contributed by atoms with van der Waals surface area (Å²) in [5, 5.41) is 0. The summed E-state index contributed by atoms with van der Waals surface area (Å²) >= 11 is 0. The number of hydrogen-bond donors (Lipinski definition) is 0. The predicted molar refractivity (Wildman–Crippen MR) is 68.0 cm³/mol. The van der Waals surface area contributed by atoms with E-state index in [4.69, 9.17) is 0 Å². The molecule has 2 rings (SSSR count). The average Bonchev–Trinajstić information content (AvgIpc) is 2.39. The van der Waals surface area contributed by atoms with E-state index in [2.05, 4.69) is 0 Å². The van der Waals surface area contributed by atoms with Crippen LogP contribution in [-0.4, -0.2) is 9.96 Å². The second kappa shape index (κ2) is 5.57. The molecule has 5 heteroatoms. The van der Waals surface area contributed by atoms with Gasteiger partial charge in [-0.1, -0.05) is 36.4 Å². The monoisotopic (exact) mass is 284 g/mol. The molecule has 0 heterocycles. The Morgan fingerprint density at radius 3 is 2.32 bits per heavy atom. The number of rotatable bonds is 4. The number of benzene rings is 2. The van der Waals surface area contributed by atoms with E-state index in [-0.39, 0.29) is 10.5 Å². The van der Waals surface area contributed by atoms with Gasteiger partial charge < -0.3 is 0 Å². The maximum Gasteiger partial charge on any atom is 0.284 e. The smallest absolute Gasteiger partial charge is 0.254 e. The summed E-state index contributed by atoms with van der Waals surface area (Å²) in [6.45, 7) is 0. The van der Waals surface area contributed by atoms with Crippen LogP contribution in [0, 0.1) is 5.82 Å². The molecular formula is C14H11F3OS. The van der Waals surface area contributed by atoms with Gasteiger partial charge in [0.15, 0.2) is 0 Å². The fraction of sp³-hybridized carbons (Fsp3) is 0.143. The zero-order chi connectivity index (χ0) is 13.9. The highest BCUT2D eigenvalue weighted by molar-refractivity contribution is 7.85. The molecule has 1 unspecified atom stereocenters.